The Morgan fingerprint density at radius 1 is 1.29 bits per heavy atom. The molecule has 0 aromatic rings. The Hall–Kier alpha value is -0.570. The van der Waals surface area contributed by atoms with E-state index in [0.29, 0.717) is 19.1 Å². The molecule has 0 aliphatic heterocycles. The number of hydrogen-bond donors (Lipinski definition) is 0. The van der Waals surface area contributed by atoms with E-state index in [9.17, 15) is 4.79 Å². The maximum absolute atomic E-state index is 12.1. The Bertz CT molecular complexity index is 236. The Morgan fingerprint density at radius 2 is 1.88 bits per heavy atom. The van der Waals surface area contributed by atoms with Crippen molar-refractivity contribution in [3.63, 3.8) is 0 Å². The predicted molar refractivity (Wildman–Crippen MR) is 67.8 cm³/mol. The molecule has 17 heavy (non-hydrogen) atoms. The highest BCUT2D eigenvalue weighted by Gasteiger charge is 2.33. The van der Waals surface area contributed by atoms with Gasteiger partial charge < -0.3 is 9.47 Å². The van der Waals surface area contributed by atoms with Gasteiger partial charge in [-0.25, -0.2) is 0 Å². The van der Waals surface area contributed by atoms with Crippen LogP contribution in [0, 0.1) is 11.8 Å². The molecular weight excluding hydrogens is 216 g/mol. The molecule has 0 spiro atoms. The summed E-state index contributed by atoms with van der Waals surface area (Å²) in [5, 5.41) is 0. The lowest BCUT2D eigenvalue weighted by atomic mass is 9.91. The molecule has 0 N–H and O–H groups in total. The average molecular weight is 242 g/mol. The number of ether oxygens (including phenoxy) is 2. The van der Waals surface area contributed by atoms with Gasteiger partial charge in [0.2, 0.25) is 0 Å². The number of esters is 1. The standard InChI is InChI=1S/C14H26O3/c1-5-16-10-12(11-8-6-7-9-11)13(15)17-14(2,3)4/h11-12H,5-10H2,1-4H3. The van der Waals surface area contributed by atoms with E-state index in [0.717, 1.165) is 12.8 Å². The molecule has 0 amide bonds. The fourth-order valence-corrected chi connectivity index (χ4v) is 2.38. The molecule has 1 atom stereocenters. The minimum Gasteiger partial charge on any atom is -0.460 e. The summed E-state index contributed by atoms with van der Waals surface area (Å²) >= 11 is 0. The lowest BCUT2D eigenvalue weighted by molar-refractivity contribution is -0.164. The second-order valence-corrected chi connectivity index (χ2v) is 5.84. The second-order valence-electron chi connectivity index (χ2n) is 5.84. The minimum atomic E-state index is -0.403. The zero-order valence-corrected chi connectivity index (χ0v) is 11.6. The number of carbonyl (C=O) groups excluding carboxylic acids is 1. The summed E-state index contributed by atoms with van der Waals surface area (Å²) in [6, 6.07) is 0. The van der Waals surface area contributed by atoms with Crippen LogP contribution in [-0.2, 0) is 14.3 Å². The molecule has 0 saturated heterocycles. The highest BCUT2D eigenvalue weighted by atomic mass is 16.6. The fraction of sp³-hybridized carbons (Fsp3) is 0.929. The van der Waals surface area contributed by atoms with E-state index in [1.807, 2.05) is 27.7 Å². The third-order valence-electron chi connectivity index (χ3n) is 3.18. The molecule has 0 aromatic heterocycles. The van der Waals surface area contributed by atoms with Gasteiger partial charge in [0.05, 0.1) is 12.5 Å². The van der Waals surface area contributed by atoms with Crippen molar-refractivity contribution in [3.05, 3.63) is 0 Å². The van der Waals surface area contributed by atoms with Crippen LogP contribution in [0.1, 0.15) is 53.4 Å². The molecule has 0 heterocycles. The highest BCUT2D eigenvalue weighted by Crippen LogP contribution is 2.33. The summed E-state index contributed by atoms with van der Waals surface area (Å²) in [4.78, 5) is 12.1. The van der Waals surface area contributed by atoms with E-state index in [1.54, 1.807) is 0 Å². The first-order valence-corrected chi connectivity index (χ1v) is 6.74. The van der Waals surface area contributed by atoms with Crippen LogP contribution in [0.2, 0.25) is 0 Å². The SMILES string of the molecule is CCOCC(C(=O)OC(C)(C)C)C1CCCC1. The lowest BCUT2D eigenvalue weighted by Crippen LogP contribution is -2.34. The van der Waals surface area contributed by atoms with Crippen LogP contribution in [0.3, 0.4) is 0 Å². The minimum absolute atomic E-state index is 0.0725. The quantitative estimate of drug-likeness (QED) is 0.695. The lowest BCUT2D eigenvalue weighted by Gasteiger charge is -2.27. The molecule has 0 radical (unpaired) electrons. The molecule has 1 saturated carbocycles. The Labute approximate surface area is 105 Å². The first-order valence-electron chi connectivity index (χ1n) is 6.74. The van der Waals surface area contributed by atoms with Crippen LogP contribution in [0.25, 0.3) is 0 Å². The van der Waals surface area contributed by atoms with E-state index in [2.05, 4.69) is 0 Å². The molecular formula is C14H26O3. The van der Waals surface area contributed by atoms with E-state index in [4.69, 9.17) is 9.47 Å². The van der Waals surface area contributed by atoms with Crippen LogP contribution in [0.15, 0.2) is 0 Å². The summed E-state index contributed by atoms with van der Waals surface area (Å²) in [6.07, 6.45) is 4.74. The van der Waals surface area contributed by atoms with Crippen LogP contribution >= 0.6 is 0 Å². The van der Waals surface area contributed by atoms with Crippen molar-refractivity contribution in [2.75, 3.05) is 13.2 Å². The van der Waals surface area contributed by atoms with Gasteiger partial charge in [0, 0.05) is 6.61 Å². The molecule has 1 fully saturated rings. The van der Waals surface area contributed by atoms with Crippen LogP contribution < -0.4 is 0 Å². The van der Waals surface area contributed by atoms with Crippen LogP contribution in [0.4, 0.5) is 0 Å². The monoisotopic (exact) mass is 242 g/mol. The Kier molecular flexibility index (Phi) is 5.44. The normalized spacial score (nSPS) is 19.3. The summed E-state index contributed by atoms with van der Waals surface area (Å²) in [6.45, 7) is 8.87. The third-order valence-corrected chi connectivity index (χ3v) is 3.18. The van der Waals surface area contributed by atoms with Gasteiger partial charge >= 0.3 is 5.97 Å². The maximum atomic E-state index is 12.1. The van der Waals surface area contributed by atoms with Gasteiger partial charge in [-0.3, -0.25) is 4.79 Å². The van der Waals surface area contributed by atoms with Gasteiger partial charge in [-0.1, -0.05) is 12.8 Å². The molecule has 0 aromatic carbocycles. The van der Waals surface area contributed by atoms with E-state index in [-0.39, 0.29) is 11.9 Å². The van der Waals surface area contributed by atoms with E-state index in [1.165, 1.54) is 12.8 Å². The molecule has 3 heteroatoms. The van der Waals surface area contributed by atoms with Crippen molar-refractivity contribution in [1.29, 1.82) is 0 Å². The van der Waals surface area contributed by atoms with Gasteiger partial charge in [-0.2, -0.15) is 0 Å². The van der Waals surface area contributed by atoms with Crippen molar-refractivity contribution in [2.24, 2.45) is 11.8 Å². The second kappa shape index (κ2) is 6.39. The molecule has 1 rings (SSSR count). The molecule has 1 aliphatic carbocycles. The van der Waals surface area contributed by atoms with E-state index >= 15 is 0 Å². The molecule has 0 bridgehead atoms. The van der Waals surface area contributed by atoms with Gasteiger partial charge in [0.15, 0.2) is 0 Å². The molecule has 3 nitrogen and oxygen atoms in total. The Balaban J connectivity index is 2.57. The van der Waals surface area contributed by atoms with Crippen LogP contribution in [-0.4, -0.2) is 24.8 Å². The van der Waals surface area contributed by atoms with Gasteiger partial charge in [0.25, 0.3) is 0 Å². The number of hydrogen-bond acceptors (Lipinski definition) is 3. The molecule has 100 valence electrons. The fourth-order valence-electron chi connectivity index (χ4n) is 2.38. The van der Waals surface area contributed by atoms with Crippen molar-refractivity contribution >= 4 is 5.97 Å². The van der Waals surface area contributed by atoms with E-state index < -0.39 is 5.60 Å². The van der Waals surface area contributed by atoms with Crippen molar-refractivity contribution in [2.45, 2.75) is 59.0 Å². The largest absolute Gasteiger partial charge is 0.460 e. The van der Waals surface area contributed by atoms with Crippen molar-refractivity contribution in [3.8, 4) is 0 Å². The summed E-state index contributed by atoms with van der Waals surface area (Å²) in [5.41, 5.74) is -0.403. The van der Waals surface area contributed by atoms with Gasteiger partial charge in [-0.15, -0.1) is 0 Å². The smallest absolute Gasteiger partial charge is 0.312 e. The zero-order valence-electron chi connectivity index (χ0n) is 11.6. The van der Waals surface area contributed by atoms with Gasteiger partial charge in [-0.05, 0) is 46.5 Å². The topological polar surface area (TPSA) is 35.5 Å². The Morgan fingerprint density at radius 3 is 2.35 bits per heavy atom. The average Bonchev–Trinajstić information content (AvgIpc) is 2.68. The summed E-state index contributed by atoms with van der Waals surface area (Å²) in [7, 11) is 0. The number of carbonyl (C=O) groups is 1. The highest BCUT2D eigenvalue weighted by molar-refractivity contribution is 5.73. The van der Waals surface area contributed by atoms with Crippen molar-refractivity contribution < 1.29 is 14.3 Å². The first-order chi connectivity index (χ1) is 7.94. The summed E-state index contributed by atoms with van der Waals surface area (Å²) < 4.78 is 10.9. The first kappa shape index (κ1) is 14.5. The zero-order chi connectivity index (χ0) is 12.9. The summed E-state index contributed by atoms with van der Waals surface area (Å²) in [5.74, 6) is 0.297. The van der Waals surface area contributed by atoms with Gasteiger partial charge in [0.1, 0.15) is 5.60 Å². The molecule has 1 unspecified atom stereocenters. The van der Waals surface area contributed by atoms with Crippen LogP contribution in [0.5, 0.6) is 0 Å². The maximum Gasteiger partial charge on any atom is 0.312 e. The molecule has 1 aliphatic rings. The van der Waals surface area contributed by atoms with Crippen molar-refractivity contribution in [1.82, 2.24) is 0 Å². The number of rotatable bonds is 5. The third kappa shape index (κ3) is 5.07. The predicted octanol–water partition coefficient (Wildman–Crippen LogP) is 3.17.